The number of benzene rings is 6. The van der Waals surface area contributed by atoms with Crippen molar-refractivity contribution in [2.45, 2.75) is 169 Å². The Balaban J connectivity index is 0.000001000. The number of phenols is 6. The van der Waals surface area contributed by atoms with Crippen molar-refractivity contribution in [3.63, 3.8) is 0 Å². The topological polar surface area (TPSA) is 121 Å². The summed E-state index contributed by atoms with van der Waals surface area (Å²) < 4.78 is 0. The maximum atomic E-state index is 9.63. The molecule has 2 aliphatic rings. The van der Waals surface area contributed by atoms with Crippen molar-refractivity contribution >= 4 is 0 Å². The maximum absolute atomic E-state index is 9.63. The first-order valence-electron chi connectivity index (χ1n) is 28.4. The van der Waals surface area contributed by atoms with Gasteiger partial charge in [0.1, 0.15) is 34.5 Å². The Hall–Kier alpha value is -4.45. The zero-order chi connectivity index (χ0) is 58.4. The van der Waals surface area contributed by atoms with Crippen molar-refractivity contribution < 1.29 is 74.1 Å². The van der Waals surface area contributed by atoms with E-state index in [9.17, 15) is 30.6 Å². The van der Waals surface area contributed by atoms with Crippen LogP contribution in [0.25, 0.3) is 0 Å². The van der Waals surface area contributed by atoms with Crippen LogP contribution in [-0.4, -0.2) is 30.6 Å². The number of phenolic OH excluding ortho intramolecular Hbond substituents is 6. The molecule has 8 heteroatoms. The van der Waals surface area contributed by atoms with E-state index in [-0.39, 0.29) is 74.5 Å². The summed E-state index contributed by atoms with van der Waals surface area (Å²) in [7, 11) is 0. The minimum absolute atomic E-state index is 0. The average Bonchev–Trinajstić information content (AvgIpc) is 3.65. The van der Waals surface area contributed by atoms with E-state index in [1.54, 1.807) is 36.4 Å². The van der Waals surface area contributed by atoms with Crippen molar-refractivity contribution in [3.05, 3.63) is 191 Å². The van der Waals surface area contributed by atoms with Crippen LogP contribution in [0.3, 0.4) is 0 Å². The van der Waals surface area contributed by atoms with E-state index in [0.717, 1.165) is 126 Å². The van der Waals surface area contributed by atoms with Gasteiger partial charge in [0.15, 0.2) is 0 Å². The van der Waals surface area contributed by atoms with Crippen LogP contribution in [0.1, 0.15) is 178 Å². The molecule has 0 heterocycles. The van der Waals surface area contributed by atoms with Crippen LogP contribution in [-0.2, 0) is 59.7 Å². The van der Waals surface area contributed by atoms with Gasteiger partial charge in [0, 0.05) is 59.7 Å². The summed E-state index contributed by atoms with van der Waals surface area (Å²) in [4.78, 5) is 0. The molecule has 2 saturated carbocycles. The third kappa shape index (κ3) is 18.3. The van der Waals surface area contributed by atoms with Gasteiger partial charge in [0.2, 0.25) is 0 Å². The largest absolute Gasteiger partial charge is 0.508 e. The molecule has 444 valence electrons. The molecule has 0 aromatic heterocycles. The Morgan fingerprint density at radius 2 is 0.333 bits per heavy atom. The average molecular weight is 1180 g/mol. The number of aromatic hydroxyl groups is 6. The van der Waals surface area contributed by atoms with Crippen LogP contribution >= 0.6 is 0 Å². The number of hydrogen-bond donors (Lipinski definition) is 6. The van der Waals surface area contributed by atoms with Crippen LogP contribution in [0.4, 0.5) is 0 Å². The Morgan fingerprint density at radius 3 is 0.420 bits per heavy atom. The van der Waals surface area contributed by atoms with Crippen molar-refractivity contribution in [2.24, 2.45) is 59.2 Å². The summed E-state index contributed by atoms with van der Waals surface area (Å²) in [5.41, 5.74) is 11.6. The first-order chi connectivity index (χ1) is 35.6. The number of aryl methyl sites for hydroxylation is 6. The molecule has 6 nitrogen and oxygen atoms in total. The van der Waals surface area contributed by atoms with Crippen LogP contribution in [0.5, 0.6) is 34.5 Å². The summed E-state index contributed by atoms with van der Waals surface area (Å²) in [6.45, 7) is 48.2. The molecule has 0 atom stereocenters. The molecule has 0 saturated heterocycles. The first-order valence-corrected chi connectivity index (χ1v) is 28.4. The summed E-state index contributed by atoms with van der Waals surface area (Å²) in [5.74, 6) is 11.3. The molecule has 0 radical (unpaired) electrons. The van der Waals surface area contributed by atoms with Crippen molar-refractivity contribution in [3.8, 4) is 34.5 Å². The fourth-order valence-electron chi connectivity index (χ4n) is 11.6. The van der Waals surface area contributed by atoms with Gasteiger partial charge >= 0.3 is 0 Å². The minimum atomic E-state index is -0.170. The molecule has 8 rings (SSSR count). The molecule has 0 spiro atoms. The van der Waals surface area contributed by atoms with E-state index in [1.807, 2.05) is 114 Å². The second-order valence-electron chi connectivity index (χ2n) is 25.5. The van der Waals surface area contributed by atoms with E-state index >= 15 is 0 Å². The monoisotopic (exact) mass is 1170 g/mol. The van der Waals surface area contributed by atoms with Gasteiger partial charge in [-0.05, 0) is 204 Å². The van der Waals surface area contributed by atoms with E-state index in [0.29, 0.717) is 34.5 Å². The molecule has 0 amide bonds. The number of hydrogen-bond acceptors (Lipinski definition) is 6. The van der Waals surface area contributed by atoms with Crippen LogP contribution in [0.2, 0.25) is 0 Å². The minimum Gasteiger partial charge on any atom is -0.508 e. The summed E-state index contributed by atoms with van der Waals surface area (Å²) in [6.07, 6.45) is 0. The van der Waals surface area contributed by atoms with E-state index in [1.165, 1.54) is 0 Å². The molecule has 0 unspecified atom stereocenters. The van der Waals surface area contributed by atoms with Gasteiger partial charge in [-0.25, -0.2) is 0 Å². The summed E-state index contributed by atoms with van der Waals surface area (Å²) >= 11 is 0. The second kappa shape index (κ2) is 31.4. The van der Waals surface area contributed by atoms with Crippen LogP contribution < -0.4 is 0 Å². The first kappa shape index (κ1) is 76.5. The Bertz CT molecular complexity index is 2370. The molecule has 2 fully saturated rings. The molecule has 6 aromatic rings. The summed E-state index contributed by atoms with van der Waals surface area (Å²) in [6, 6.07) is 34.2. The quantitative estimate of drug-likeness (QED) is 0.0730. The molecule has 6 N–H and O–H groups in total. The molecule has 6 aromatic carbocycles. The Kier molecular flexibility index (Phi) is 29.7. The molecule has 81 heavy (non-hydrogen) atoms. The number of rotatable bonds is 6. The zero-order valence-electron chi connectivity index (χ0n) is 54.3. The molecule has 2 aliphatic carbocycles. The van der Waals surface area contributed by atoms with Crippen molar-refractivity contribution in [2.75, 3.05) is 0 Å². The van der Waals surface area contributed by atoms with Gasteiger partial charge in [0.05, 0.1) is 0 Å². The van der Waals surface area contributed by atoms with E-state index < -0.39 is 0 Å². The predicted molar refractivity (Wildman–Crippen MR) is 338 cm³/mol. The van der Waals surface area contributed by atoms with Crippen molar-refractivity contribution in [1.29, 1.82) is 0 Å². The molecule has 0 bridgehead atoms. The van der Waals surface area contributed by atoms with Gasteiger partial charge in [-0.1, -0.05) is 184 Å². The fourth-order valence-corrected chi connectivity index (χ4v) is 11.6. The van der Waals surface area contributed by atoms with Gasteiger partial charge < -0.3 is 45.5 Å². The van der Waals surface area contributed by atoms with Crippen LogP contribution in [0, 0.1) is 116 Å². The Morgan fingerprint density at radius 1 is 0.235 bits per heavy atom. The fraction of sp³-hybridized carbons (Fsp3) is 0.479. The predicted octanol–water partition coefficient (Wildman–Crippen LogP) is 19.4. The third-order valence-electron chi connectivity index (χ3n) is 19.8. The van der Waals surface area contributed by atoms with Crippen molar-refractivity contribution in [1.82, 2.24) is 0 Å². The van der Waals surface area contributed by atoms with E-state index in [2.05, 4.69) is 111 Å². The SMILES string of the molecule is CC1C(C)C(C)C(C)C1C.CC1C(C)C(C)C(C)C1C.Cc1cc(C(C)(C)c2ccc(O)c(C)c2)ccc1O.Cc1cc(C(C)(C)c2ccc(O)c(C)c2)ccc1O.Cc1cc(C(C)(C)c2ccc(O)c(C)c2)ccc1O.[CH3-].[CH3-].[Ti].[Ti]. The van der Waals surface area contributed by atoms with Gasteiger partial charge in [-0.3, -0.25) is 0 Å². The van der Waals surface area contributed by atoms with Crippen LogP contribution in [0.15, 0.2) is 109 Å². The maximum Gasteiger partial charge on any atom is 0.118 e. The smallest absolute Gasteiger partial charge is 0.118 e. The van der Waals surface area contributed by atoms with Gasteiger partial charge in [-0.15, -0.1) is 0 Å². The summed E-state index contributed by atoms with van der Waals surface area (Å²) in [5, 5.41) is 57.8. The molecular weight excluding hydrogens is 1070 g/mol. The third-order valence-corrected chi connectivity index (χ3v) is 19.8. The van der Waals surface area contributed by atoms with Gasteiger partial charge in [-0.2, -0.15) is 0 Å². The standard InChI is InChI=1S/3C17H20O2.2C10H20.2CH3.2Ti/c3*1-11-9-13(5-7-15(11)18)17(3,4)14-6-8-16(19)12(2)10-14;2*1-6-7(2)9(4)10(5)8(6)3;;;;/h3*5-10,18-19H,1-4H3;2*6-10H,1-5H3;2*1H3;;/q;;;;;2*-1;;. The normalized spacial score (nSPS) is 21.9. The van der Waals surface area contributed by atoms with E-state index in [4.69, 9.17) is 0 Å². The van der Waals surface area contributed by atoms with Gasteiger partial charge in [0.25, 0.3) is 0 Å². The zero-order valence-corrected chi connectivity index (χ0v) is 57.5. The molecular formula is C73H106O6Ti2-2. The Labute approximate surface area is 523 Å². The second-order valence-corrected chi connectivity index (χ2v) is 25.5. The molecule has 0 aliphatic heterocycles.